The van der Waals surface area contributed by atoms with Crippen LogP contribution in [0.1, 0.15) is 53.1 Å². The van der Waals surface area contributed by atoms with Gasteiger partial charge in [0.05, 0.1) is 25.0 Å². The smallest absolute Gasteiger partial charge is 0.255 e. The van der Waals surface area contributed by atoms with Crippen LogP contribution in [0, 0.1) is 5.92 Å². The number of nitrogens with zero attached hydrogens (tertiary/aromatic N) is 7. The summed E-state index contributed by atoms with van der Waals surface area (Å²) in [4.78, 5) is 56.2. The maximum atomic E-state index is 14.3. The summed E-state index contributed by atoms with van der Waals surface area (Å²) >= 11 is 0. The number of benzene rings is 2. The van der Waals surface area contributed by atoms with Gasteiger partial charge in [0.2, 0.25) is 5.91 Å². The zero-order valence-corrected chi connectivity index (χ0v) is 28.1. The number of Topliss-reactive ketones (excluding diaryl/α,β-unsaturated/α-hetero) is 1. The Morgan fingerprint density at radius 1 is 0.939 bits per heavy atom. The van der Waals surface area contributed by atoms with Crippen LogP contribution in [-0.2, 0) is 16.1 Å². The van der Waals surface area contributed by atoms with E-state index < -0.39 is 5.54 Å². The second kappa shape index (κ2) is 13.0. The van der Waals surface area contributed by atoms with E-state index in [4.69, 9.17) is 0 Å². The number of hydrogen-bond acceptors (Lipinski definition) is 8. The number of pyridine rings is 1. The number of amides is 2. The molecule has 8 rings (SSSR count). The van der Waals surface area contributed by atoms with Gasteiger partial charge in [-0.1, -0.05) is 42.5 Å². The van der Waals surface area contributed by atoms with Gasteiger partial charge in [-0.05, 0) is 67.5 Å². The fourth-order valence-electron chi connectivity index (χ4n) is 8.18. The molecule has 11 nitrogen and oxygen atoms in total. The molecular weight excluding hydrogens is 616 g/mol. The van der Waals surface area contributed by atoms with Gasteiger partial charge >= 0.3 is 0 Å². The van der Waals surface area contributed by atoms with Crippen molar-refractivity contribution in [1.29, 1.82) is 0 Å². The number of piperidine rings is 1. The minimum Gasteiger partial charge on any atom is -0.339 e. The lowest BCUT2D eigenvalue weighted by atomic mass is 9.85. The van der Waals surface area contributed by atoms with Crippen molar-refractivity contribution in [2.24, 2.45) is 5.92 Å². The van der Waals surface area contributed by atoms with Gasteiger partial charge in [-0.25, -0.2) is 4.98 Å². The monoisotopic (exact) mass is 660 g/mol. The molecule has 1 N–H and O–H groups in total. The van der Waals surface area contributed by atoms with E-state index in [1.165, 1.54) is 11.1 Å². The van der Waals surface area contributed by atoms with Gasteiger partial charge < -0.3 is 19.6 Å². The summed E-state index contributed by atoms with van der Waals surface area (Å²) in [6.07, 6.45) is 5.73. The number of piperazine rings is 1. The number of carbonyl (C=O) groups excluding carboxylic acids is 3. The van der Waals surface area contributed by atoms with Crippen molar-refractivity contribution in [3.8, 4) is 0 Å². The van der Waals surface area contributed by atoms with Crippen LogP contribution in [0.3, 0.4) is 0 Å². The highest BCUT2D eigenvalue weighted by molar-refractivity contribution is 5.99. The zero-order valence-electron chi connectivity index (χ0n) is 28.1. The van der Waals surface area contributed by atoms with Crippen LogP contribution in [-0.4, -0.2) is 117 Å². The summed E-state index contributed by atoms with van der Waals surface area (Å²) in [5.74, 6) is 0.743. The van der Waals surface area contributed by atoms with E-state index in [-0.39, 0.29) is 24.1 Å². The van der Waals surface area contributed by atoms with E-state index >= 15 is 0 Å². The first-order valence-electron chi connectivity index (χ1n) is 17.6. The molecule has 1 aliphatic carbocycles. The number of likely N-dealkylation sites (tertiary alicyclic amines) is 1. The lowest BCUT2D eigenvalue weighted by Crippen LogP contribution is -2.57. The van der Waals surface area contributed by atoms with Crippen LogP contribution in [0.5, 0.6) is 0 Å². The fourth-order valence-corrected chi connectivity index (χ4v) is 8.18. The van der Waals surface area contributed by atoms with Crippen molar-refractivity contribution >= 4 is 34.3 Å². The lowest BCUT2D eigenvalue weighted by molar-refractivity contribution is -0.136. The molecule has 4 fully saturated rings. The van der Waals surface area contributed by atoms with E-state index in [1.54, 1.807) is 23.4 Å². The third-order valence-corrected chi connectivity index (χ3v) is 11.2. The first kappa shape index (κ1) is 31.6. The molecule has 3 saturated heterocycles. The average molecular weight is 661 g/mol. The third-order valence-electron chi connectivity index (χ3n) is 11.2. The fraction of sp³-hybridized carbons (Fsp3) is 0.447. The molecule has 2 aromatic heterocycles. The van der Waals surface area contributed by atoms with E-state index in [1.807, 2.05) is 35.2 Å². The number of fused-ring (bicyclic) bond motifs is 1. The van der Waals surface area contributed by atoms with Crippen molar-refractivity contribution in [2.75, 3.05) is 64.4 Å². The number of aromatic amines is 1. The highest BCUT2D eigenvalue weighted by atomic mass is 16.2. The number of para-hydroxylation sites is 1. The van der Waals surface area contributed by atoms with Crippen LogP contribution < -0.4 is 4.90 Å². The predicted octanol–water partition coefficient (Wildman–Crippen LogP) is 3.75. The SMILES string of the molecule is CN1CCN(Cc2cccc([C@H]3C[C@@H]3CC(=O)CN3CN(c4ccccc4)C4(CCN(C(=O)c5cnc6[nH]ncc6c5)CC4)C3=O)c2)CC1. The molecule has 4 aromatic rings. The first-order chi connectivity index (χ1) is 23.9. The summed E-state index contributed by atoms with van der Waals surface area (Å²) in [7, 11) is 2.18. The molecular formula is C38H44N8O3. The second-order valence-corrected chi connectivity index (χ2v) is 14.4. The van der Waals surface area contributed by atoms with E-state index in [0.717, 1.165) is 50.2 Å². The van der Waals surface area contributed by atoms with Crippen LogP contribution in [0.2, 0.25) is 0 Å². The Bertz CT molecular complexity index is 1840. The third kappa shape index (κ3) is 6.33. The van der Waals surface area contributed by atoms with E-state index in [9.17, 15) is 14.4 Å². The summed E-state index contributed by atoms with van der Waals surface area (Å²) in [5, 5.41) is 7.61. The molecule has 1 saturated carbocycles. The Kier molecular flexibility index (Phi) is 8.41. The number of likely N-dealkylation sites (N-methyl/N-ethyl adjacent to an activating group) is 1. The molecule has 254 valence electrons. The van der Waals surface area contributed by atoms with Gasteiger partial charge in [-0.15, -0.1) is 0 Å². The Labute approximate surface area is 286 Å². The molecule has 0 radical (unpaired) electrons. The highest BCUT2D eigenvalue weighted by Gasteiger charge is 2.54. The molecule has 2 amide bonds. The minimum atomic E-state index is -0.794. The Hall–Kier alpha value is -4.61. The summed E-state index contributed by atoms with van der Waals surface area (Å²) in [6, 6.07) is 20.7. The maximum Gasteiger partial charge on any atom is 0.255 e. The molecule has 5 heterocycles. The van der Waals surface area contributed by atoms with Gasteiger partial charge in [-0.2, -0.15) is 5.10 Å². The second-order valence-electron chi connectivity index (χ2n) is 14.4. The molecule has 3 aliphatic heterocycles. The summed E-state index contributed by atoms with van der Waals surface area (Å²) in [5.41, 5.74) is 3.99. The number of H-pyrrole nitrogens is 1. The van der Waals surface area contributed by atoms with Gasteiger partial charge in [0.1, 0.15) is 5.54 Å². The normalized spacial score (nSPS) is 22.7. The molecule has 1 spiro atoms. The Morgan fingerprint density at radius 3 is 2.53 bits per heavy atom. The quantitative estimate of drug-likeness (QED) is 0.289. The molecule has 4 aliphatic rings. The topological polar surface area (TPSA) is 109 Å². The van der Waals surface area contributed by atoms with Crippen LogP contribution in [0.4, 0.5) is 5.69 Å². The summed E-state index contributed by atoms with van der Waals surface area (Å²) in [6.45, 7) is 6.75. The number of hydrogen-bond donors (Lipinski definition) is 1. The molecule has 49 heavy (non-hydrogen) atoms. The molecule has 0 bridgehead atoms. The van der Waals surface area contributed by atoms with E-state index in [2.05, 4.69) is 61.2 Å². The van der Waals surface area contributed by atoms with Gasteiger partial charge in [0.25, 0.3) is 5.91 Å². The molecule has 0 unspecified atom stereocenters. The number of rotatable bonds is 9. The molecule has 2 atom stereocenters. The van der Waals surface area contributed by atoms with Gasteiger partial charge in [-0.3, -0.25) is 24.4 Å². The molecule has 2 aromatic carbocycles. The average Bonchev–Trinajstić information content (AvgIpc) is 3.64. The highest BCUT2D eigenvalue weighted by Crippen LogP contribution is 2.50. The Balaban J connectivity index is 0.907. The van der Waals surface area contributed by atoms with Crippen molar-refractivity contribution < 1.29 is 14.4 Å². The lowest BCUT2D eigenvalue weighted by Gasteiger charge is -2.43. The number of carbonyl (C=O) groups is 3. The number of anilines is 1. The standard InChI is InChI=1S/C38H44N8O3/c1-42-14-16-43(17-15-42)24-27-6-5-7-28(18-27)34-21-29(34)20-33(47)25-45-26-46(32-8-3-2-4-9-32)38(37(45)49)10-12-44(13-11-38)36(48)31-19-30-23-40-41-35(30)39-22-31/h2-9,18-19,22-23,29,34H,10-17,20-21,24-26H2,1H3,(H,39,40,41)/t29-,34+/m0/s1. The molecule has 11 heteroatoms. The minimum absolute atomic E-state index is 0.0118. The Morgan fingerprint density at radius 2 is 1.73 bits per heavy atom. The van der Waals surface area contributed by atoms with E-state index in [0.29, 0.717) is 62.1 Å². The zero-order chi connectivity index (χ0) is 33.5. The van der Waals surface area contributed by atoms with Crippen molar-refractivity contribution in [3.05, 3.63) is 89.7 Å². The first-order valence-corrected chi connectivity index (χ1v) is 17.6. The maximum absolute atomic E-state index is 14.3. The van der Waals surface area contributed by atoms with Gasteiger partial charge in [0, 0.05) is 69.5 Å². The number of nitrogens with one attached hydrogen (secondary N) is 1. The van der Waals surface area contributed by atoms with Crippen molar-refractivity contribution in [2.45, 2.75) is 43.7 Å². The van der Waals surface area contributed by atoms with Crippen LogP contribution >= 0.6 is 0 Å². The largest absolute Gasteiger partial charge is 0.339 e. The number of aromatic nitrogens is 3. The van der Waals surface area contributed by atoms with Gasteiger partial charge in [0.15, 0.2) is 11.4 Å². The summed E-state index contributed by atoms with van der Waals surface area (Å²) < 4.78 is 0. The van der Waals surface area contributed by atoms with Crippen LogP contribution in [0.25, 0.3) is 11.0 Å². The van der Waals surface area contributed by atoms with Crippen molar-refractivity contribution in [3.63, 3.8) is 0 Å². The van der Waals surface area contributed by atoms with Crippen LogP contribution in [0.15, 0.2) is 73.1 Å². The number of ketones is 1. The van der Waals surface area contributed by atoms with Crippen molar-refractivity contribution in [1.82, 2.24) is 34.8 Å². The predicted molar refractivity (Wildman–Crippen MR) is 187 cm³/mol.